The van der Waals surface area contributed by atoms with Crippen molar-refractivity contribution in [3.8, 4) is 0 Å². The van der Waals surface area contributed by atoms with Gasteiger partial charge in [-0.2, -0.15) is 13.2 Å². The van der Waals surface area contributed by atoms with Crippen molar-refractivity contribution < 1.29 is 23.1 Å². The van der Waals surface area contributed by atoms with Crippen LogP contribution in [0.2, 0.25) is 0 Å². The zero-order valence-corrected chi connectivity index (χ0v) is 9.34. The minimum absolute atomic E-state index is 0.740. The summed E-state index contributed by atoms with van der Waals surface area (Å²) in [5.41, 5.74) is 0. The number of hydrogen-bond acceptors (Lipinski definition) is 3. The molecule has 7 heteroatoms. The average Bonchev–Trinajstić information content (AvgIpc) is 2.18. The van der Waals surface area contributed by atoms with E-state index < -0.39 is 12.1 Å². The lowest BCUT2D eigenvalue weighted by molar-refractivity contribution is -0.192. The summed E-state index contributed by atoms with van der Waals surface area (Å²) in [5, 5.41) is 10.5. The molecule has 96 valence electrons. The summed E-state index contributed by atoms with van der Waals surface area (Å²) < 4.78 is 31.7. The highest BCUT2D eigenvalue weighted by Crippen LogP contribution is 2.13. The summed E-state index contributed by atoms with van der Waals surface area (Å²) in [7, 11) is 0. The van der Waals surface area contributed by atoms with Crippen LogP contribution >= 0.6 is 0 Å². The van der Waals surface area contributed by atoms with Crippen molar-refractivity contribution in [2.75, 3.05) is 26.2 Å². The molecular weight excluding hydrogens is 225 g/mol. The Balaban J connectivity index is 0.000000293. The van der Waals surface area contributed by atoms with E-state index in [2.05, 4.69) is 24.1 Å². The molecule has 1 fully saturated rings. The number of alkyl halides is 3. The lowest BCUT2D eigenvalue weighted by Gasteiger charge is -2.32. The molecule has 4 nitrogen and oxygen atoms in total. The minimum atomic E-state index is -5.08. The third kappa shape index (κ3) is 5.92. The smallest absolute Gasteiger partial charge is 0.475 e. The van der Waals surface area contributed by atoms with Gasteiger partial charge in [0.25, 0.3) is 0 Å². The fourth-order valence-electron chi connectivity index (χ4n) is 1.35. The largest absolute Gasteiger partial charge is 0.490 e. The van der Waals surface area contributed by atoms with Crippen molar-refractivity contribution in [1.82, 2.24) is 10.2 Å². The molecule has 1 aliphatic rings. The number of piperazine rings is 1. The van der Waals surface area contributed by atoms with E-state index in [9.17, 15) is 13.2 Å². The molecule has 16 heavy (non-hydrogen) atoms. The van der Waals surface area contributed by atoms with Crippen LogP contribution < -0.4 is 5.32 Å². The number of rotatable bonds is 1. The van der Waals surface area contributed by atoms with Crippen LogP contribution in [0.15, 0.2) is 0 Å². The first-order valence-electron chi connectivity index (χ1n) is 5.04. The molecule has 1 heterocycles. The first-order chi connectivity index (χ1) is 7.29. The number of carboxylic acid groups (broad SMARTS) is 1. The number of hydrogen-bond donors (Lipinski definition) is 2. The number of nitrogens with one attached hydrogen (secondary N) is 1. The number of nitrogens with zero attached hydrogens (tertiary/aromatic N) is 1. The van der Waals surface area contributed by atoms with Gasteiger partial charge in [0.05, 0.1) is 0 Å². The number of carbonyl (C=O) groups is 1. The van der Waals surface area contributed by atoms with Crippen LogP contribution in [0.1, 0.15) is 13.8 Å². The Labute approximate surface area is 92.4 Å². The monoisotopic (exact) mass is 242 g/mol. The van der Waals surface area contributed by atoms with Gasteiger partial charge in [-0.05, 0) is 13.5 Å². The van der Waals surface area contributed by atoms with Gasteiger partial charge < -0.3 is 10.4 Å². The highest BCUT2D eigenvalue weighted by Gasteiger charge is 2.38. The first kappa shape index (κ1) is 15.2. The lowest BCUT2D eigenvalue weighted by Crippen LogP contribution is -2.49. The van der Waals surface area contributed by atoms with Crippen LogP contribution in [0, 0.1) is 0 Å². The summed E-state index contributed by atoms with van der Waals surface area (Å²) in [5.74, 6) is -2.76. The quantitative estimate of drug-likeness (QED) is 0.718. The van der Waals surface area contributed by atoms with Crippen LogP contribution in [0.25, 0.3) is 0 Å². The number of aliphatic carboxylic acids is 1. The van der Waals surface area contributed by atoms with Crippen LogP contribution in [-0.2, 0) is 4.79 Å². The van der Waals surface area contributed by atoms with Crippen molar-refractivity contribution in [3.63, 3.8) is 0 Å². The van der Waals surface area contributed by atoms with E-state index in [1.807, 2.05) is 0 Å². The van der Waals surface area contributed by atoms with Gasteiger partial charge in [-0.25, -0.2) is 4.79 Å². The molecule has 0 aromatic rings. The molecule has 0 spiro atoms. The van der Waals surface area contributed by atoms with E-state index >= 15 is 0 Å². The Morgan fingerprint density at radius 1 is 1.56 bits per heavy atom. The summed E-state index contributed by atoms with van der Waals surface area (Å²) >= 11 is 0. The highest BCUT2D eigenvalue weighted by atomic mass is 19.4. The van der Waals surface area contributed by atoms with Gasteiger partial charge in [-0.3, -0.25) is 4.90 Å². The predicted octanol–water partition coefficient (Wildman–Crippen LogP) is 0.933. The Hall–Kier alpha value is -0.820. The van der Waals surface area contributed by atoms with Crippen molar-refractivity contribution >= 4 is 5.97 Å². The second-order valence-electron chi connectivity index (χ2n) is 3.48. The minimum Gasteiger partial charge on any atom is -0.475 e. The van der Waals surface area contributed by atoms with E-state index in [-0.39, 0.29) is 0 Å². The van der Waals surface area contributed by atoms with Gasteiger partial charge in [0, 0.05) is 25.7 Å². The van der Waals surface area contributed by atoms with Gasteiger partial charge in [-0.15, -0.1) is 0 Å². The third-order valence-electron chi connectivity index (χ3n) is 2.29. The zero-order valence-electron chi connectivity index (χ0n) is 9.34. The Kier molecular flexibility index (Phi) is 6.35. The van der Waals surface area contributed by atoms with Gasteiger partial charge >= 0.3 is 12.1 Å². The summed E-state index contributed by atoms with van der Waals surface area (Å²) in [6.45, 7) is 9.24. The molecule has 0 aliphatic carbocycles. The average molecular weight is 242 g/mol. The maximum absolute atomic E-state index is 10.6. The normalized spacial score (nSPS) is 22.2. The molecule has 0 amide bonds. The molecule has 1 saturated heterocycles. The van der Waals surface area contributed by atoms with E-state index in [4.69, 9.17) is 9.90 Å². The second kappa shape index (κ2) is 6.70. The van der Waals surface area contributed by atoms with Crippen LogP contribution in [0.4, 0.5) is 13.2 Å². The Morgan fingerprint density at radius 3 is 2.31 bits per heavy atom. The number of likely N-dealkylation sites (N-methyl/N-ethyl adjacent to an activating group) is 1. The standard InChI is InChI=1S/C7H16N2.C2HF3O2/c1-3-9-5-4-8-6-7(9)2;3-2(4,5)1(6)7/h7-8H,3-6H2,1-2H3;(H,6,7)/t7-;/m1./s1. The predicted molar refractivity (Wildman–Crippen MR) is 53.3 cm³/mol. The number of carboxylic acids is 1. The van der Waals surface area contributed by atoms with Gasteiger partial charge in [0.2, 0.25) is 0 Å². The summed E-state index contributed by atoms with van der Waals surface area (Å²) in [6, 6.07) is 0.740. The lowest BCUT2D eigenvalue weighted by atomic mass is 10.2. The second-order valence-corrected chi connectivity index (χ2v) is 3.48. The van der Waals surface area contributed by atoms with E-state index in [1.165, 1.54) is 13.1 Å². The summed E-state index contributed by atoms with van der Waals surface area (Å²) in [6.07, 6.45) is -5.08. The molecular formula is C9H17F3N2O2. The molecule has 1 rings (SSSR count). The molecule has 0 saturated carbocycles. The molecule has 2 N–H and O–H groups in total. The number of halogens is 3. The Morgan fingerprint density at radius 2 is 2.06 bits per heavy atom. The van der Waals surface area contributed by atoms with Crippen molar-refractivity contribution in [1.29, 1.82) is 0 Å². The highest BCUT2D eigenvalue weighted by molar-refractivity contribution is 5.73. The molecule has 0 aromatic carbocycles. The molecule has 1 aliphatic heterocycles. The van der Waals surface area contributed by atoms with E-state index in [1.54, 1.807) is 0 Å². The van der Waals surface area contributed by atoms with E-state index in [0.717, 1.165) is 19.1 Å². The fraction of sp³-hybridized carbons (Fsp3) is 0.889. The molecule has 0 aromatic heterocycles. The van der Waals surface area contributed by atoms with Crippen LogP contribution in [0.5, 0.6) is 0 Å². The van der Waals surface area contributed by atoms with Crippen LogP contribution in [0.3, 0.4) is 0 Å². The third-order valence-corrected chi connectivity index (χ3v) is 2.29. The van der Waals surface area contributed by atoms with Crippen molar-refractivity contribution in [2.24, 2.45) is 0 Å². The molecule has 0 radical (unpaired) electrons. The van der Waals surface area contributed by atoms with Crippen molar-refractivity contribution in [2.45, 2.75) is 26.1 Å². The topological polar surface area (TPSA) is 52.6 Å². The molecule has 0 bridgehead atoms. The fourth-order valence-corrected chi connectivity index (χ4v) is 1.35. The van der Waals surface area contributed by atoms with Gasteiger partial charge in [0.15, 0.2) is 0 Å². The van der Waals surface area contributed by atoms with Crippen molar-refractivity contribution in [3.05, 3.63) is 0 Å². The Bertz CT molecular complexity index is 221. The van der Waals surface area contributed by atoms with Crippen LogP contribution in [-0.4, -0.2) is 54.4 Å². The van der Waals surface area contributed by atoms with Gasteiger partial charge in [0.1, 0.15) is 0 Å². The molecule has 0 unspecified atom stereocenters. The maximum atomic E-state index is 10.6. The van der Waals surface area contributed by atoms with E-state index in [0.29, 0.717) is 0 Å². The molecule has 1 atom stereocenters. The maximum Gasteiger partial charge on any atom is 0.490 e. The zero-order chi connectivity index (χ0) is 12.8. The SMILES string of the molecule is CCN1CCNC[C@H]1C.O=C(O)C(F)(F)F. The summed E-state index contributed by atoms with van der Waals surface area (Å²) in [4.78, 5) is 11.4. The first-order valence-corrected chi connectivity index (χ1v) is 5.04. The van der Waals surface area contributed by atoms with Gasteiger partial charge in [-0.1, -0.05) is 6.92 Å².